The molecule has 0 amide bonds. The van der Waals surface area contributed by atoms with Crippen molar-refractivity contribution < 1.29 is 9.90 Å². The standard InChI is InChI=1S/C22H17NO2/c1-13-7-9-15(10-8-13)23-18-11-12-19(24)21-20(18)14(2)16-5-3-4-6-17(16)22(21)25/h3-12,23-24H,2H2,1H3. The fraction of sp³-hybridized carbons (Fsp3) is 0.0455. The molecule has 0 aliphatic heterocycles. The van der Waals surface area contributed by atoms with Gasteiger partial charge in [-0.05, 0) is 42.3 Å². The number of nitrogens with one attached hydrogen (secondary N) is 1. The van der Waals surface area contributed by atoms with Crippen LogP contribution < -0.4 is 5.32 Å². The predicted octanol–water partition coefficient (Wildman–Crippen LogP) is 5.05. The Morgan fingerprint density at radius 3 is 2.28 bits per heavy atom. The maximum absolute atomic E-state index is 12.9. The van der Waals surface area contributed by atoms with Crippen molar-refractivity contribution in [2.24, 2.45) is 0 Å². The van der Waals surface area contributed by atoms with Gasteiger partial charge in [-0.25, -0.2) is 0 Å². The van der Waals surface area contributed by atoms with Crippen LogP contribution in [0.15, 0.2) is 67.2 Å². The number of phenols is 1. The first-order valence-corrected chi connectivity index (χ1v) is 8.09. The lowest BCUT2D eigenvalue weighted by atomic mass is 9.80. The number of hydrogen-bond donors (Lipinski definition) is 2. The average molecular weight is 327 g/mol. The molecule has 1 aliphatic rings. The molecule has 0 heterocycles. The Bertz CT molecular complexity index is 1020. The number of hydrogen-bond acceptors (Lipinski definition) is 3. The SMILES string of the molecule is C=C1c2ccccc2C(=O)c2c(O)ccc(Nc3ccc(C)cc3)c21. The van der Waals surface area contributed by atoms with E-state index in [1.54, 1.807) is 18.2 Å². The zero-order valence-corrected chi connectivity index (χ0v) is 13.8. The van der Waals surface area contributed by atoms with Gasteiger partial charge in [0.15, 0.2) is 5.78 Å². The molecule has 0 spiro atoms. The lowest BCUT2D eigenvalue weighted by Gasteiger charge is -2.24. The highest BCUT2D eigenvalue weighted by atomic mass is 16.3. The van der Waals surface area contributed by atoms with E-state index in [2.05, 4.69) is 11.9 Å². The van der Waals surface area contributed by atoms with E-state index >= 15 is 0 Å². The number of benzene rings is 3. The molecule has 0 fully saturated rings. The number of ketones is 1. The summed E-state index contributed by atoms with van der Waals surface area (Å²) in [6, 6.07) is 18.7. The summed E-state index contributed by atoms with van der Waals surface area (Å²) in [6.45, 7) is 6.22. The first kappa shape index (κ1) is 15.2. The molecule has 3 heteroatoms. The molecule has 0 atom stereocenters. The Balaban J connectivity index is 1.88. The Labute approximate surface area is 146 Å². The molecule has 1 aliphatic carbocycles. The van der Waals surface area contributed by atoms with Gasteiger partial charge >= 0.3 is 0 Å². The van der Waals surface area contributed by atoms with Crippen LogP contribution in [0.2, 0.25) is 0 Å². The van der Waals surface area contributed by atoms with Gasteiger partial charge < -0.3 is 10.4 Å². The lowest BCUT2D eigenvalue weighted by Crippen LogP contribution is -2.15. The molecule has 0 bridgehead atoms. The van der Waals surface area contributed by atoms with Crippen LogP contribution in [0, 0.1) is 6.92 Å². The third-order valence-electron chi connectivity index (χ3n) is 4.54. The van der Waals surface area contributed by atoms with Crippen LogP contribution in [0.1, 0.15) is 32.6 Å². The zero-order valence-electron chi connectivity index (χ0n) is 13.8. The van der Waals surface area contributed by atoms with Crippen LogP contribution in [0.5, 0.6) is 5.75 Å². The van der Waals surface area contributed by atoms with Crippen molar-refractivity contribution in [1.82, 2.24) is 0 Å². The number of carbonyl (C=O) groups is 1. The fourth-order valence-electron chi connectivity index (χ4n) is 3.25. The van der Waals surface area contributed by atoms with Crippen LogP contribution in [0.4, 0.5) is 11.4 Å². The second-order valence-corrected chi connectivity index (χ2v) is 6.23. The quantitative estimate of drug-likeness (QED) is 0.507. The van der Waals surface area contributed by atoms with E-state index in [0.29, 0.717) is 16.7 Å². The van der Waals surface area contributed by atoms with Crippen LogP contribution in [-0.4, -0.2) is 10.9 Å². The van der Waals surface area contributed by atoms with Crippen molar-refractivity contribution in [3.05, 3.63) is 95.1 Å². The predicted molar refractivity (Wildman–Crippen MR) is 101 cm³/mol. The molecule has 3 aromatic rings. The molecule has 3 nitrogen and oxygen atoms in total. The molecule has 0 unspecified atom stereocenters. The van der Waals surface area contributed by atoms with Gasteiger partial charge in [-0.1, -0.05) is 48.5 Å². The van der Waals surface area contributed by atoms with Crippen LogP contribution >= 0.6 is 0 Å². The third-order valence-corrected chi connectivity index (χ3v) is 4.54. The number of aryl methyl sites for hydroxylation is 1. The highest BCUT2D eigenvalue weighted by Crippen LogP contribution is 2.43. The third kappa shape index (κ3) is 2.41. The van der Waals surface area contributed by atoms with Crippen LogP contribution in [0.25, 0.3) is 5.57 Å². The van der Waals surface area contributed by atoms with Crippen molar-refractivity contribution in [3.63, 3.8) is 0 Å². The lowest BCUT2D eigenvalue weighted by molar-refractivity contribution is 0.103. The molecule has 0 radical (unpaired) electrons. The second-order valence-electron chi connectivity index (χ2n) is 6.23. The van der Waals surface area contributed by atoms with Gasteiger partial charge in [-0.2, -0.15) is 0 Å². The summed E-state index contributed by atoms with van der Waals surface area (Å²) < 4.78 is 0. The van der Waals surface area contributed by atoms with Gasteiger partial charge in [0.05, 0.1) is 5.56 Å². The minimum absolute atomic E-state index is 0.0230. The Kier molecular flexibility index (Phi) is 3.43. The van der Waals surface area contributed by atoms with Crippen LogP contribution in [0.3, 0.4) is 0 Å². The Morgan fingerprint density at radius 1 is 0.880 bits per heavy atom. The first-order valence-electron chi connectivity index (χ1n) is 8.09. The van der Waals surface area contributed by atoms with E-state index in [-0.39, 0.29) is 11.5 Å². The van der Waals surface area contributed by atoms with Gasteiger partial charge in [-0.3, -0.25) is 4.79 Å². The molecule has 25 heavy (non-hydrogen) atoms. The summed E-state index contributed by atoms with van der Waals surface area (Å²) in [5, 5.41) is 13.7. The topological polar surface area (TPSA) is 49.3 Å². The van der Waals surface area contributed by atoms with E-state index in [9.17, 15) is 9.90 Å². The second kappa shape index (κ2) is 5.64. The Hall–Kier alpha value is -3.33. The van der Waals surface area contributed by atoms with Crippen molar-refractivity contribution in [2.45, 2.75) is 6.92 Å². The normalized spacial score (nSPS) is 12.5. The summed E-state index contributed by atoms with van der Waals surface area (Å²) in [7, 11) is 0. The largest absolute Gasteiger partial charge is 0.507 e. The monoisotopic (exact) mass is 327 g/mol. The molecule has 4 rings (SSSR count). The number of aromatic hydroxyl groups is 1. The van der Waals surface area contributed by atoms with Crippen molar-refractivity contribution >= 4 is 22.7 Å². The molecular weight excluding hydrogens is 310 g/mol. The zero-order chi connectivity index (χ0) is 17.6. The number of anilines is 2. The van der Waals surface area contributed by atoms with Crippen molar-refractivity contribution in [2.75, 3.05) is 5.32 Å². The maximum Gasteiger partial charge on any atom is 0.198 e. The summed E-state index contributed by atoms with van der Waals surface area (Å²) >= 11 is 0. The van der Waals surface area contributed by atoms with E-state index in [1.807, 2.05) is 49.4 Å². The molecule has 0 aromatic heterocycles. The van der Waals surface area contributed by atoms with E-state index in [0.717, 1.165) is 22.5 Å². The van der Waals surface area contributed by atoms with Gasteiger partial charge in [0, 0.05) is 22.5 Å². The Morgan fingerprint density at radius 2 is 1.56 bits per heavy atom. The fourth-order valence-corrected chi connectivity index (χ4v) is 3.25. The molecule has 3 aromatic carbocycles. The maximum atomic E-state index is 12.9. The summed E-state index contributed by atoms with van der Waals surface area (Å²) in [5.41, 5.74) is 5.91. The van der Waals surface area contributed by atoms with E-state index < -0.39 is 0 Å². The van der Waals surface area contributed by atoms with Gasteiger partial charge in [-0.15, -0.1) is 0 Å². The van der Waals surface area contributed by atoms with Gasteiger partial charge in [0.1, 0.15) is 5.75 Å². The van der Waals surface area contributed by atoms with Crippen molar-refractivity contribution in [3.8, 4) is 5.75 Å². The van der Waals surface area contributed by atoms with E-state index in [4.69, 9.17) is 0 Å². The number of fused-ring (bicyclic) bond motifs is 2. The molecule has 2 N–H and O–H groups in total. The van der Waals surface area contributed by atoms with Crippen LogP contribution in [-0.2, 0) is 0 Å². The van der Waals surface area contributed by atoms with Crippen molar-refractivity contribution in [1.29, 1.82) is 0 Å². The minimum Gasteiger partial charge on any atom is -0.507 e. The van der Waals surface area contributed by atoms with Gasteiger partial charge in [0.25, 0.3) is 0 Å². The molecular formula is C22H17NO2. The molecule has 0 saturated carbocycles. The van der Waals surface area contributed by atoms with Gasteiger partial charge in [0.2, 0.25) is 0 Å². The highest BCUT2D eigenvalue weighted by Gasteiger charge is 2.30. The number of rotatable bonds is 2. The molecule has 122 valence electrons. The summed E-state index contributed by atoms with van der Waals surface area (Å²) in [6.07, 6.45) is 0. The summed E-state index contributed by atoms with van der Waals surface area (Å²) in [4.78, 5) is 12.9. The average Bonchev–Trinajstić information content (AvgIpc) is 2.63. The smallest absolute Gasteiger partial charge is 0.198 e. The highest BCUT2D eigenvalue weighted by molar-refractivity contribution is 6.21. The number of carbonyl (C=O) groups excluding carboxylic acids is 1. The molecule has 0 saturated heterocycles. The first-order chi connectivity index (χ1) is 12.1. The number of phenolic OH excluding ortho intramolecular Hbond substituents is 1. The summed E-state index contributed by atoms with van der Waals surface area (Å²) in [5.74, 6) is -0.201. The van der Waals surface area contributed by atoms with E-state index in [1.165, 1.54) is 5.56 Å². The minimum atomic E-state index is -0.178.